The second-order valence-electron chi connectivity index (χ2n) is 7.66. The summed E-state index contributed by atoms with van der Waals surface area (Å²) in [5.74, 6) is 0.935. The molecule has 0 bridgehead atoms. The quantitative estimate of drug-likeness (QED) is 0.290. The molecule has 0 aliphatic carbocycles. The number of carbonyl (C=O) groups is 1. The number of aromatic nitrogens is 4. The van der Waals surface area contributed by atoms with Gasteiger partial charge in [-0.3, -0.25) is 0 Å². The van der Waals surface area contributed by atoms with Gasteiger partial charge in [-0.05, 0) is 61.5 Å². The van der Waals surface area contributed by atoms with Crippen molar-refractivity contribution in [1.82, 2.24) is 19.6 Å². The number of nitrogens with one attached hydrogen (secondary N) is 2. The molecule has 2 heterocycles. The summed E-state index contributed by atoms with van der Waals surface area (Å²) in [7, 11) is 0. The highest BCUT2D eigenvalue weighted by atomic mass is 35.5. The van der Waals surface area contributed by atoms with Crippen LogP contribution in [0.1, 0.15) is 5.69 Å². The number of ether oxygens (including phenoxy) is 1. The Bertz CT molecular complexity index is 1460. The average Bonchev–Trinajstić information content (AvgIpc) is 3.51. The van der Waals surface area contributed by atoms with Gasteiger partial charge in [0, 0.05) is 24.1 Å². The molecule has 0 atom stereocenters. The largest absolute Gasteiger partial charge is 0.437 e. The molecule has 3 aromatic carbocycles. The first-order valence-electron chi connectivity index (χ1n) is 10.8. The van der Waals surface area contributed by atoms with Crippen molar-refractivity contribution in [2.75, 3.05) is 10.6 Å². The SMILES string of the molecule is Cc1cc(Oc2ccccc2NC(=O)Nc2ccc(-n3cccn3)cc2)n(-c2ccccc2Cl)n1. The number of amides is 2. The molecule has 35 heavy (non-hydrogen) atoms. The molecule has 2 aromatic heterocycles. The highest BCUT2D eigenvalue weighted by molar-refractivity contribution is 6.32. The summed E-state index contributed by atoms with van der Waals surface area (Å²) in [5, 5.41) is 14.9. The second kappa shape index (κ2) is 9.74. The molecule has 0 spiro atoms. The van der Waals surface area contributed by atoms with E-state index in [1.165, 1.54) is 0 Å². The van der Waals surface area contributed by atoms with Crippen molar-refractivity contribution in [3.8, 4) is 23.0 Å². The lowest BCUT2D eigenvalue weighted by atomic mass is 10.3. The minimum atomic E-state index is -0.399. The van der Waals surface area contributed by atoms with Crippen LogP contribution in [0.5, 0.6) is 11.6 Å². The van der Waals surface area contributed by atoms with E-state index in [4.69, 9.17) is 16.3 Å². The van der Waals surface area contributed by atoms with Crippen LogP contribution in [0.25, 0.3) is 11.4 Å². The van der Waals surface area contributed by atoms with Gasteiger partial charge in [0.05, 0.1) is 27.8 Å². The summed E-state index contributed by atoms with van der Waals surface area (Å²) < 4.78 is 9.55. The van der Waals surface area contributed by atoms with Crippen molar-refractivity contribution in [3.05, 3.63) is 108 Å². The van der Waals surface area contributed by atoms with E-state index in [2.05, 4.69) is 20.8 Å². The van der Waals surface area contributed by atoms with Crippen LogP contribution in [-0.4, -0.2) is 25.6 Å². The van der Waals surface area contributed by atoms with Gasteiger partial charge >= 0.3 is 6.03 Å². The molecule has 0 fully saturated rings. The second-order valence-corrected chi connectivity index (χ2v) is 8.07. The van der Waals surface area contributed by atoms with E-state index < -0.39 is 6.03 Å². The fourth-order valence-corrected chi connectivity index (χ4v) is 3.74. The first-order chi connectivity index (χ1) is 17.1. The van der Waals surface area contributed by atoms with Gasteiger partial charge in [-0.2, -0.15) is 14.9 Å². The fourth-order valence-electron chi connectivity index (χ4n) is 3.52. The number of benzene rings is 3. The summed E-state index contributed by atoms with van der Waals surface area (Å²) in [5.41, 5.74) is 3.50. The van der Waals surface area contributed by atoms with Gasteiger partial charge in [-0.25, -0.2) is 9.48 Å². The van der Waals surface area contributed by atoms with E-state index in [0.29, 0.717) is 33.7 Å². The van der Waals surface area contributed by atoms with E-state index in [9.17, 15) is 4.79 Å². The number of halogens is 1. The summed E-state index contributed by atoms with van der Waals surface area (Å²) in [6, 6.07) is 25.2. The third-order valence-corrected chi connectivity index (χ3v) is 5.44. The Balaban J connectivity index is 1.32. The number of para-hydroxylation sites is 3. The third-order valence-electron chi connectivity index (χ3n) is 5.12. The topological polar surface area (TPSA) is 86.0 Å². The molecule has 8 nitrogen and oxygen atoms in total. The standard InChI is InChI=1S/C26H21ClN6O2/c1-18-17-25(33(31-18)23-9-4-2-7-21(23)27)35-24-10-5-3-8-22(24)30-26(34)29-19-11-13-20(14-12-19)32-16-6-15-28-32/h2-17H,1H3,(H2,29,30,34). The van der Waals surface area contributed by atoms with E-state index in [1.54, 1.807) is 39.8 Å². The Kier molecular flexibility index (Phi) is 6.19. The molecule has 0 radical (unpaired) electrons. The molecule has 5 aromatic rings. The van der Waals surface area contributed by atoms with Crippen molar-refractivity contribution in [1.29, 1.82) is 0 Å². The fraction of sp³-hybridized carbons (Fsp3) is 0.0385. The summed E-state index contributed by atoms with van der Waals surface area (Å²) >= 11 is 6.37. The Hall–Kier alpha value is -4.56. The Morgan fingerprint density at radius 3 is 2.49 bits per heavy atom. The van der Waals surface area contributed by atoms with E-state index in [1.807, 2.05) is 73.8 Å². The van der Waals surface area contributed by atoms with Crippen LogP contribution in [-0.2, 0) is 0 Å². The van der Waals surface area contributed by atoms with Crippen molar-refractivity contribution >= 4 is 29.0 Å². The Labute approximate surface area is 206 Å². The third kappa shape index (κ3) is 5.02. The van der Waals surface area contributed by atoms with Crippen LogP contribution >= 0.6 is 11.6 Å². The van der Waals surface area contributed by atoms with Crippen molar-refractivity contribution < 1.29 is 9.53 Å². The molecule has 0 saturated carbocycles. The smallest absolute Gasteiger partial charge is 0.323 e. The lowest BCUT2D eigenvalue weighted by molar-refractivity contribution is 0.262. The van der Waals surface area contributed by atoms with E-state index in [-0.39, 0.29) is 0 Å². The van der Waals surface area contributed by atoms with Gasteiger partial charge in [0.15, 0.2) is 5.75 Å². The average molecular weight is 485 g/mol. The molecule has 9 heteroatoms. The number of urea groups is 1. The van der Waals surface area contributed by atoms with Crippen LogP contribution < -0.4 is 15.4 Å². The maximum absolute atomic E-state index is 12.7. The molecular weight excluding hydrogens is 464 g/mol. The first kappa shape index (κ1) is 22.2. The molecule has 5 rings (SSSR count). The van der Waals surface area contributed by atoms with Crippen LogP contribution in [0.3, 0.4) is 0 Å². The molecule has 0 aliphatic rings. The monoisotopic (exact) mass is 484 g/mol. The highest BCUT2D eigenvalue weighted by Gasteiger charge is 2.15. The minimum absolute atomic E-state index is 0.399. The maximum atomic E-state index is 12.7. The van der Waals surface area contributed by atoms with Gasteiger partial charge in [0.2, 0.25) is 5.88 Å². The van der Waals surface area contributed by atoms with Crippen molar-refractivity contribution in [3.63, 3.8) is 0 Å². The van der Waals surface area contributed by atoms with Crippen LogP contribution in [0, 0.1) is 6.92 Å². The molecule has 174 valence electrons. The van der Waals surface area contributed by atoms with Gasteiger partial charge in [0.1, 0.15) is 0 Å². The van der Waals surface area contributed by atoms with E-state index >= 15 is 0 Å². The zero-order chi connectivity index (χ0) is 24.2. The Morgan fingerprint density at radius 1 is 0.943 bits per heavy atom. The molecule has 0 saturated heterocycles. The zero-order valence-corrected chi connectivity index (χ0v) is 19.5. The number of anilines is 2. The molecule has 2 N–H and O–H groups in total. The molecule has 0 unspecified atom stereocenters. The van der Waals surface area contributed by atoms with Gasteiger partial charge in [-0.1, -0.05) is 35.9 Å². The minimum Gasteiger partial charge on any atom is -0.437 e. The number of nitrogens with zero attached hydrogens (tertiary/aromatic N) is 4. The number of rotatable bonds is 6. The predicted molar refractivity (Wildman–Crippen MR) is 136 cm³/mol. The van der Waals surface area contributed by atoms with Gasteiger partial charge in [0.25, 0.3) is 0 Å². The van der Waals surface area contributed by atoms with Crippen LogP contribution in [0.4, 0.5) is 16.2 Å². The van der Waals surface area contributed by atoms with Gasteiger partial charge < -0.3 is 15.4 Å². The predicted octanol–water partition coefficient (Wildman–Crippen LogP) is 6.46. The zero-order valence-electron chi connectivity index (χ0n) is 18.7. The maximum Gasteiger partial charge on any atom is 0.323 e. The normalized spacial score (nSPS) is 10.7. The first-order valence-corrected chi connectivity index (χ1v) is 11.2. The van der Waals surface area contributed by atoms with Gasteiger partial charge in [-0.15, -0.1) is 0 Å². The number of aryl methyl sites for hydroxylation is 1. The molecule has 2 amide bonds. The van der Waals surface area contributed by atoms with Crippen LogP contribution in [0.15, 0.2) is 97.3 Å². The lowest BCUT2D eigenvalue weighted by Gasteiger charge is -2.14. The molecule has 0 aliphatic heterocycles. The summed E-state index contributed by atoms with van der Waals surface area (Å²) in [6.07, 6.45) is 3.56. The lowest BCUT2D eigenvalue weighted by Crippen LogP contribution is -2.19. The van der Waals surface area contributed by atoms with Crippen LogP contribution in [0.2, 0.25) is 5.02 Å². The summed E-state index contributed by atoms with van der Waals surface area (Å²) in [4.78, 5) is 12.7. The molecular formula is C26H21ClN6O2. The highest BCUT2D eigenvalue weighted by Crippen LogP contribution is 2.32. The van der Waals surface area contributed by atoms with Crippen molar-refractivity contribution in [2.24, 2.45) is 0 Å². The number of carbonyl (C=O) groups excluding carboxylic acids is 1. The number of hydrogen-bond donors (Lipinski definition) is 2. The van der Waals surface area contributed by atoms with Crippen molar-refractivity contribution in [2.45, 2.75) is 6.92 Å². The summed E-state index contributed by atoms with van der Waals surface area (Å²) in [6.45, 7) is 1.87. The Morgan fingerprint density at radius 2 is 1.71 bits per heavy atom. The van der Waals surface area contributed by atoms with E-state index in [0.717, 1.165) is 11.4 Å². The number of hydrogen-bond acceptors (Lipinski definition) is 4.